The van der Waals surface area contributed by atoms with Crippen LogP contribution in [-0.2, 0) is 13.1 Å². The molecule has 0 radical (unpaired) electrons. The van der Waals surface area contributed by atoms with E-state index >= 15 is 0 Å². The largest absolute Gasteiger partial charge is 0.409 e. The number of amidine groups is 1. The number of rotatable bonds is 5. The molecule has 2 rings (SSSR count). The molecule has 0 aromatic carbocycles. The van der Waals surface area contributed by atoms with Crippen LogP contribution in [0.25, 0.3) is 0 Å². The van der Waals surface area contributed by atoms with Crippen molar-refractivity contribution in [3.8, 4) is 0 Å². The first-order valence-corrected chi connectivity index (χ1v) is 5.69. The number of oxime groups is 1. The van der Waals surface area contributed by atoms with Gasteiger partial charge in [-0.3, -0.25) is 4.98 Å². The van der Waals surface area contributed by atoms with Crippen molar-refractivity contribution in [3.63, 3.8) is 0 Å². The third kappa shape index (κ3) is 3.71. The SMILES string of the molecule is N/C(=N/O)c1cc(CNCc2cccnn2)ccn1. The summed E-state index contributed by atoms with van der Waals surface area (Å²) in [5, 5.41) is 22.5. The molecule has 4 N–H and O–H groups in total. The smallest absolute Gasteiger partial charge is 0.188 e. The van der Waals surface area contributed by atoms with Gasteiger partial charge in [-0.25, -0.2) is 0 Å². The van der Waals surface area contributed by atoms with Crippen molar-refractivity contribution in [1.82, 2.24) is 20.5 Å². The average molecular weight is 258 g/mol. The third-order valence-corrected chi connectivity index (χ3v) is 2.46. The van der Waals surface area contributed by atoms with Gasteiger partial charge < -0.3 is 16.3 Å². The Morgan fingerprint density at radius 3 is 2.95 bits per heavy atom. The zero-order chi connectivity index (χ0) is 13.5. The molecule has 0 bridgehead atoms. The monoisotopic (exact) mass is 258 g/mol. The zero-order valence-electron chi connectivity index (χ0n) is 10.2. The lowest BCUT2D eigenvalue weighted by molar-refractivity contribution is 0.318. The summed E-state index contributed by atoms with van der Waals surface area (Å²) in [5.74, 6) is -0.00391. The van der Waals surface area contributed by atoms with Crippen LogP contribution >= 0.6 is 0 Å². The van der Waals surface area contributed by atoms with Crippen LogP contribution in [0.4, 0.5) is 0 Å². The second-order valence-electron chi connectivity index (χ2n) is 3.85. The number of hydrogen-bond acceptors (Lipinski definition) is 6. The summed E-state index contributed by atoms with van der Waals surface area (Å²) < 4.78 is 0. The van der Waals surface area contributed by atoms with Crippen LogP contribution in [0.2, 0.25) is 0 Å². The molecular weight excluding hydrogens is 244 g/mol. The number of nitrogens with two attached hydrogens (primary N) is 1. The molecule has 0 aliphatic heterocycles. The predicted molar refractivity (Wildman–Crippen MR) is 69.3 cm³/mol. The van der Waals surface area contributed by atoms with Crippen LogP contribution in [0.3, 0.4) is 0 Å². The van der Waals surface area contributed by atoms with Crippen molar-refractivity contribution >= 4 is 5.84 Å². The number of nitrogens with one attached hydrogen (secondary N) is 1. The van der Waals surface area contributed by atoms with Crippen molar-refractivity contribution in [3.05, 3.63) is 53.6 Å². The van der Waals surface area contributed by atoms with Crippen LogP contribution in [-0.4, -0.2) is 26.2 Å². The first-order chi connectivity index (χ1) is 9.29. The fourth-order valence-electron chi connectivity index (χ4n) is 1.54. The van der Waals surface area contributed by atoms with Gasteiger partial charge in [-0.1, -0.05) is 5.16 Å². The molecule has 2 aromatic rings. The molecule has 0 saturated heterocycles. The summed E-state index contributed by atoms with van der Waals surface area (Å²) in [4.78, 5) is 4.01. The Labute approximate surface area is 110 Å². The Hall–Kier alpha value is -2.54. The lowest BCUT2D eigenvalue weighted by Gasteiger charge is -2.05. The highest BCUT2D eigenvalue weighted by Gasteiger charge is 2.02. The lowest BCUT2D eigenvalue weighted by Crippen LogP contribution is -2.17. The van der Waals surface area contributed by atoms with E-state index in [2.05, 4.69) is 25.7 Å². The molecule has 0 fully saturated rings. The lowest BCUT2D eigenvalue weighted by atomic mass is 10.2. The Morgan fingerprint density at radius 2 is 2.21 bits per heavy atom. The highest BCUT2D eigenvalue weighted by molar-refractivity contribution is 5.95. The quantitative estimate of drug-likeness (QED) is 0.307. The van der Waals surface area contributed by atoms with Crippen LogP contribution in [0.5, 0.6) is 0 Å². The molecule has 0 amide bonds. The first kappa shape index (κ1) is 12.9. The summed E-state index contributed by atoms with van der Waals surface area (Å²) in [7, 11) is 0. The Morgan fingerprint density at radius 1 is 1.32 bits per heavy atom. The van der Waals surface area contributed by atoms with Crippen molar-refractivity contribution in [2.45, 2.75) is 13.1 Å². The van der Waals surface area contributed by atoms with Gasteiger partial charge in [0.15, 0.2) is 5.84 Å². The van der Waals surface area contributed by atoms with Gasteiger partial charge in [0.25, 0.3) is 0 Å². The molecular formula is C12H14N6O. The van der Waals surface area contributed by atoms with Crippen LogP contribution in [0.1, 0.15) is 17.0 Å². The summed E-state index contributed by atoms with van der Waals surface area (Å²) >= 11 is 0. The molecule has 2 aromatic heterocycles. The van der Waals surface area contributed by atoms with Gasteiger partial charge >= 0.3 is 0 Å². The second-order valence-corrected chi connectivity index (χ2v) is 3.85. The minimum atomic E-state index is -0.00391. The molecule has 0 spiro atoms. The molecule has 0 aliphatic rings. The molecule has 0 unspecified atom stereocenters. The molecule has 98 valence electrons. The van der Waals surface area contributed by atoms with Crippen molar-refractivity contribution in [1.29, 1.82) is 0 Å². The van der Waals surface area contributed by atoms with Crippen LogP contribution in [0, 0.1) is 0 Å². The summed E-state index contributed by atoms with van der Waals surface area (Å²) in [5.41, 5.74) is 7.78. The first-order valence-electron chi connectivity index (χ1n) is 5.69. The minimum Gasteiger partial charge on any atom is -0.409 e. The van der Waals surface area contributed by atoms with Crippen molar-refractivity contribution < 1.29 is 5.21 Å². The highest BCUT2D eigenvalue weighted by atomic mass is 16.4. The van der Waals surface area contributed by atoms with E-state index in [1.165, 1.54) is 0 Å². The zero-order valence-corrected chi connectivity index (χ0v) is 10.2. The molecule has 0 saturated carbocycles. The number of nitrogens with zero attached hydrogens (tertiary/aromatic N) is 4. The van der Waals surface area contributed by atoms with E-state index in [9.17, 15) is 0 Å². The van der Waals surface area contributed by atoms with Crippen molar-refractivity contribution in [2.24, 2.45) is 10.9 Å². The van der Waals surface area contributed by atoms with E-state index in [1.807, 2.05) is 18.2 Å². The van der Waals surface area contributed by atoms with E-state index in [0.717, 1.165) is 11.3 Å². The fourth-order valence-corrected chi connectivity index (χ4v) is 1.54. The van der Waals surface area contributed by atoms with Gasteiger partial charge in [-0.2, -0.15) is 10.2 Å². The fraction of sp³-hybridized carbons (Fsp3) is 0.167. The van der Waals surface area contributed by atoms with Gasteiger partial charge in [-0.15, -0.1) is 0 Å². The van der Waals surface area contributed by atoms with E-state index in [1.54, 1.807) is 18.5 Å². The van der Waals surface area contributed by atoms with Crippen LogP contribution in [0.15, 0.2) is 41.8 Å². The molecule has 7 nitrogen and oxygen atoms in total. The molecule has 0 aliphatic carbocycles. The Kier molecular flexibility index (Phi) is 4.35. The van der Waals surface area contributed by atoms with Gasteiger partial charge in [0.05, 0.1) is 5.69 Å². The van der Waals surface area contributed by atoms with Gasteiger partial charge in [-0.05, 0) is 29.8 Å². The van der Waals surface area contributed by atoms with Crippen LogP contribution < -0.4 is 11.1 Å². The molecule has 2 heterocycles. The maximum Gasteiger partial charge on any atom is 0.188 e. The van der Waals surface area contributed by atoms with E-state index in [-0.39, 0.29) is 5.84 Å². The maximum absolute atomic E-state index is 8.60. The molecule has 0 atom stereocenters. The normalized spacial score (nSPS) is 11.5. The van der Waals surface area contributed by atoms with E-state index < -0.39 is 0 Å². The van der Waals surface area contributed by atoms with Gasteiger partial charge in [0.1, 0.15) is 5.69 Å². The molecule has 7 heteroatoms. The van der Waals surface area contributed by atoms with Gasteiger partial charge in [0.2, 0.25) is 0 Å². The standard InChI is InChI=1S/C12H14N6O/c13-12(18-19)11-6-9(3-5-15-11)7-14-8-10-2-1-4-16-17-10/h1-6,14,19H,7-8H2,(H2,13,18). The minimum absolute atomic E-state index is 0.00391. The summed E-state index contributed by atoms with van der Waals surface area (Å²) in [6.45, 7) is 1.25. The number of pyridine rings is 1. The second kappa shape index (κ2) is 6.41. The van der Waals surface area contributed by atoms with E-state index in [4.69, 9.17) is 10.9 Å². The van der Waals surface area contributed by atoms with Gasteiger partial charge in [0, 0.05) is 25.5 Å². The Balaban J connectivity index is 1.93. The maximum atomic E-state index is 8.60. The number of hydrogen-bond donors (Lipinski definition) is 3. The summed E-state index contributed by atoms with van der Waals surface area (Å²) in [6.07, 6.45) is 3.25. The van der Waals surface area contributed by atoms with Crippen molar-refractivity contribution in [2.75, 3.05) is 0 Å². The summed E-state index contributed by atoms with van der Waals surface area (Å²) in [6, 6.07) is 7.36. The average Bonchev–Trinajstić information content (AvgIpc) is 2.48. The van der Waals surface area contributed by atoms with E-state index in [0.29, 0.717) is 18.8 Å². The third-order valence-electron chi connectivity index (χ3n) is 2.46. The number of aromatic nitrogens is 3. The molecule has 19 heavy (non-hydrogen) atoms. The highest BCUT2D eigenvalue weighted by Crippen LogP contribution is 2.02. The Bertz CT molecular complexity index is 557. The topological polar surface area (TPSA) is 109 Å². The predicted octanol–water partition coefficient (Wildman–Crippen LogP) is 0.256.